The normalized spacial score (nSPS) is 8.89. The van der Waals surface area contributed by atoms with Gasteiger partial charge in [-0.25, -0.2) is 0 Å². The zero-order valence-electron chi connectivity index (χ0n) is 4.70. The van der Waals surface area contributed by atoms with E-state index in [0.717, 1.165) is 0 Å². The molecule has 1 aromatic rings. The Morgan fingerprint density at radius 3 is 2.67 bits per heavy atom. The summed E-state index contributed by atoms with van der Waals surface area (Å²) in [6.07, 6.45) is 0. The number of nitrogen functional groups attached to an aromatic ring is 1. The van der Waals surface area contributed by atoms with Crippen molar-refractivity contribution < 1.29 is 4.21 Å². The van der Waals surface area contributed by atoms with Crippen LogP contribution < -0.4 is 5.73 Å². The Morgan fingerprint density at radius 2 is 2.22 bits per heavy atom. The van der Waals surface area contributed by atoms with Gasteiger partial charge in [0.1, 0.15) is 0 Å². The first-order valence-corrected chi connectivity index (χ1v) is 3.22. The van der Waals surface area contributed by atoms with Gasteiger partial charge in [0.05, 0.1) is 0 Å². The number of anilines is 1. The van der Waals surface area contributed by atoms with Gasteiger partial charge >= 0.3 is 11.7 Å². The molecule has 0 aliphatic carbocycles. The smallest absolute Gasteiger partial charge is 0.399 e. The SMILES string of the molecule is Nc1cccc([S+]=O)c1. The Hall–Kier alpha value is -0.960. The molecule has 1 rings (SSSR count). The molecule has 9 heavy (non-hydrogen) atoms. The molecule has 0 saturated heterocycles. The summed E-state index contributed by atoms with van der Waals surface area (Å²) in [5, 5.41) is 0. The van der Waals surface area contributed by atoms with Crippen LogP contribution in [-0.2, 0) is 15.9 Å². The van der Waals surface area contributed by atoms with Crippen molar-refractivity contribution in [2.24, 2.45) is 0 Å². The fourth-order valence-corrected chi connectivity index (χ4v) is 0.885. The Labute approximate surface area is 57.2 Å². The van der Waals surface area contributed by atoms with E-state index in [1.807, 2.05) is 0 Å². The van der Waals surface area contributed by atoms with Crippen molar-refractivity contribution in [1.82, 2.24) is 0 Å². The lowest BCUT2D eigenvalue weighted by Crippen LogP contribution is -1.83. The predicted molar refractivity (Wildman–Crippen MR) is 37.2 cm³/mol. The Balaban J connectivity index is 3.07. The predicted octanol–water partition coefficient (Wildman–Crippen LogP) is 1.06. The summed E-state index contributed by atoms with van der Waals surface area (Å²) in [6.45, 7) is 0. The van der Waals surface area contributed by atoms with E-state index in [2.05, 4.69) is 0 Å². The van der Waals surface area contributed by atoms with Crippen molar-refractivity contribution in [3.63, 3.8) is 0 Å². The van der Waals surface area contributed by atoms with E-state index in [-0.39, 0.29) is 0 Å². The second-order valence-electron chi connectivity index (χ2n) is 1.66. The highest BCUT2D eigenvalue weighted by atomic mass is 32.1. The van der Waals surface area contributed by atoms with Crippen molar-refractivity contribution in [3.05, 3.63) is 24.3 Å². The van der Waals surface area contributed by atoms with E-state index in [1.165, 1.54) is 0 Å². The van der Waals surface area contributed by atoms with Crippen LogP contribution in [0.3, 0.4) is 0 Å². The summed E-state index contributed by atoms with van der Waals surface area (Å²) in [6, 6.07) is 6.89. The van der Waals surface area contributed by atoms with E-state index >= 15 is 0 Å². The number of rotatable bonds is 1. The molecular weight excluding hydrogens is 134 g/mol. The van der Waals surface area contributed by atoms with Crippen molar-refractivity contribution >= 4 is 17.4 Å². The third-order valence-electron chi connectivity index (χ3n) is 0.954. The lowest BCUT2D eigenvalue weighted by molar-refractivity contribution is 0.605. The molecule has 0 aromatic heterocycles. The Morgan fingerprint density at radius 1 is 1.44 bits per heavy atom. The summed E-state index contributed by atoms with van der Waals surface area (Å²) in [7, 11) is 0. The van der Waals surface area contributed by atoms with E-state index in [4.69, 9.17) is 5.73 Å². The van der Waals surface area contributed by atoms with Crippen LogP contribution in [0.5, 0.6) is 0 Å². The highest BCUT2D eigenvalue weighted by Gasteiger charge is 2.03. The van der Waals surface area contributed by atoms with E-state index in [1.54, 1.807) is 24.3 Å². The molecule has 0 fully saturated rings. The molecule has 0 bridgehead atoms. The number of nitrogens with two attached hydrogens (primary N) is 1. The van der Waals surface area contributed by atoms with Gasteiger partial charge in [0.2, 0.25) is 0 Å². The van der Waals surface area contributed by atoms with Crippen LogP contribution in [0.15, 0.2) is 29.2 Å². The first kappa shape index (κ1) is 6.16. The molecule has 3 heteroatoms. The van der Waals surface area contributed by atoms with Gasteiger partial charge in [-0.15, -0.1) is 0 Å². The van der Waals surface area contributed by atoms with Gasteiger partial charge < -0.3 is 5.73 Å². The molecule has 46 valence electrons. The van der Waals surface area contributed by atoms with Crippen LogP contribution in [0.4, 0.5) is 5.69 Å². The van der Waals surface area contributed by atoms with Gasteiger partial charge in [-0.3, -0.25) is 0 Å². The van der Waals surface area contributed by atoms with Crippen LogP contribution in [0, 0.1) is 0 Å². The fraction of sp³-hybridized carbons (Fsp3) is 0. The topological polar surface area (TPSA) is 43.1 Å². The third-order valence-corrected chi connectivity index (χ3v) is 1.40. The Bertz CT molecular complexity index is 224. The zero-order chi connectivity index (χ0) is 6.69. The molecule has 2 N–H and O–H groups in total. The van der Waals surface area contributed by atoms with Gasteiger partial charge in [-0.2, -0.15) is 0 Å². The third kappa shape index (κ3) is 1.47. The van der Waals surface area contributed by atoms with Gasteiger partial charge in [0.15, 0.2) is 0 Å². The number of hydrogen-bond acceptors (Lipinski definition) is 2. The number of hydrogen-bond donors (Lipinski definition) is 1. The van der Waals surface area contributed by atoms with Crippen LogP contribution in [0.1, 0.15) is 0 Å². The molecule has 0 spiro atoms. The van der Waals surface area contributed by atoms with E-state index in [0.29, 0.717) is 22.2 Å². The average Bonchev–Trinajstić information content (AvgIpc) is 1.88. The minimum atomic E-state index is 0.453. The first-order valence-electron chi connectivity index (χ1n) is 2.48. The second kappa shape index (κ2) is 2.55. The second-order valence-corrected chi connectivity index (χ2v) is 2.29. The molecule has 1 aromatic carbocycles. The molecule has 0 atom stereocenters. The molecule has 0 aliphatic rings. The van der Waals surface area contributed by atoms with Crippen molar-refractivity contribution in [3.8, 4) is 0 Å². The van der Waals surface area contributed by atoms with Crippen molar-refractivity contribution in [2.75, 3.05) is 5.73 Å². The zero-order valence-corrected chi connectivity index (χ0v) is 5.52. The van der Waals surface area contributed by atoms with Crippen LogP contribution in [0.25, 0.3) is 0 Å². The molecule has 0 heterocycles. The molecule has 0 saturated carbocycles. The van der Waals surface area contributed by atoms with E-state index < -0.39 is 0 Å². The summed E-state index contributed by atoms with van der Waals surface area (Å²) >= 11 is 0.453. The lowest BCUT2D eigenvalue weighted by Gasteiger charge is -1.83. The van der Waals surface area contributed by atoms with Gasteiger partial charge in [0, 0.05) is 22.0 Å². The maximum Gasteiger partial charge on any atom is 0.505 e. The highest BCUT2D eigenvalue weighted by molar-refractivity contribution is 7.65. The largest absolute Gasteiger partial charge is 0.505 e. The molecular formula is C6H6NOS+. The van der Waals surface area contributed by atoms with Crippen LogP contribution >= 0.6 is 0 Å². The highest BCUT2D eigenvalue weighted by Crippen LogP contribution is 2.05. The summed E-state index contributed by atoms with van der Waals surface area (Å²) in [5.41, 5.74) is 6.02. The summed E-state index contributed by atoms with van der Waals surface area (Å²) < 4.78 is 10.1. The molecule has 0 radical (unpaired) electrons. The van der Waals surface area contributed by atoms with Crippen LogP contribution in [-0.4, -0.2) is 0 Å². The lowest BCUT2D eigenvalue weighted by atomic mass is 10.3. The van der Waals surface area contributed by atoms with Gasteiger partial charge in [-0.1, -0.05) is 6.07 Å². The van der Waals surface area contributed by atoms with Crippen molar-refractivity contribution in [1.29, 1.82) is 0 Å². The van der Waals surface area contributed by atoms with Crippen molar-refractivity contribution in [2.45, 2.75) is 4.90 Å². The molecule has 0 aliphatic heterocycles. The fourth-order valence-electron chi connectivity index (χ4n) is 0.566. The van der Waals surface area contributed by atoms with Gasteiger partial charge in [-0.05, 0) is 6.07 Å². The average molecular weight is 140 g/mol. The van der Waals surface area contributed by atoms with Gasteiger partial charge in [0.25, 0.3) is 4.90 Å². The minimum absolute atomic E-state index is 0.453. The monoisotopic (exact) mass is 140 g/mol. The molecule has 0 unspecified atom stereocenters. The van der Waals surface area contributed by atoms with Crippen LogP contribution in [0.2, 0.25) is 0 Å². The first-order chi connectivity index (χ1) is 4.33. The quantitative estimate of drug-likeness (QED) is 0.468. The summed E-state index contributed by atoms with van der Waals surface area (Å²) in [5.74, 6) is 0. The number of benzene rings is 1. The maximum absolute atomic E-state index is 10.1. The van der Waals surface area contributed by atoms with E-state index in [9.17, 15) is 4.21 Å². The molecule has 0 amide bonds. The molecule has 2 nitrogen and oxygen atoms in total. The summed E-state index contributed by atoms with van der Waals surface area (Å²) in [4.78, 5) is 0.662. The Kier molecular flexibility index (Phi) is 1.75. The maximum atomic E-state index is 10.1. The standard InChI is InChI=1S/C6H6NOS/c7-5-2-1-3-6(4-5)9-8/h1-4H,7H2/q+1. The minimum Gasteiger partial charge on any atom is -0.399 e.